The lowest BCUT2D eigenvalue weighted by Gasteiger charge is -1.99. The summed E-state index contributed by atoms with van der Waals surface area (Å²) in [6.07, 6.45) is 3.39. The minimum Gasteiger partial charge on any atom is -0.478 e. The van der Waals surface area contributed by atoms with Crippen molar-refractivity contribution >= 4 is 17.7 Å². The van der Waals surface area contributed by atoms with Gasteiger partial charge >= 0.3 is 5.97 Å². The standard InChI is InChI=1S/C9H10N2O2S/c1-6-3-10-9(11-4-6)14-5-7(2)8(12)13/h3-4H,2,5H2,1H3,(H,12,13). The molecule has 0 aromatic carbocycles. The van der Waals surface area contributed by atoms with Crippen LogP contribution in [0.4, 0.5) is 0 Å². The maximum Gasteiger partial charge on any atom is 0.331 e. The highest BCUT2D eigenvalue weighted by molar-refractivity contribution is 7.99. The number of hydrogen-bond acceptors (Lipinski definition) is 4. The molecule has 0 radical (unpaired) electrons. The summed E-state index contributed by atoms with van der Waals surface area (Å²) < 4.78 is 0. The number of hydrogen-bond donors (Lipinski definition) is 1. The van der Waals surface area contributed by atoms with Gasteiger partial charge in [0, 0.05) is 23.7 Å². The Morgan fingerprint density at radius 3 is 2.64 bits per heavy atom. The summed E-state index contributed by atoms with van der Waals surface area (Å²) in [6, 6.07) is 0. The summed E-state index contributed by atoms with van der Waals surface area (Å²) in [7, 11) is 0. The molecule has 0 aliphatic carbocycles. The van der Waals surface area contributed by atoms with Crippen molar-refractivity contribution < 1.29 is 9.90 Å². The third kappa shape index (κ3) is 3.18. The minimum absolute atomic E-state index is 0.152. The molecule has 0 unspecified atom stereocenters. The van der Waals surface area contributed by atoms with Crippen molar-refractivity contribution in [1.82, 2.24) is 9.97 Å². The summed E-state index contributed by atoms with van der Waals surface area (Å²) in [5.74, 6) is -0.678. The number of carbonyl (C=O) groups is 1. The van der Waals surface area contributed by atoms with Crippen LogP contribution in [0.2, 0.25) is 0 Å². The number of thioether (sulfide) groups is 1. The molecule has 0 saturated carbocycles. The van der Waals surface area contributed by atoms with Crippen LogP contribution in [0.3, 0.4) is 0 Å². The van der Waals surface area contributed by atoms with Crippen LogP contribution in [0.5, 0.6) is 0 Å². The van der Waals surface area contributed by atoms with Gasteiger partial charge in [0.2, 0.25) is 0 Å². The van der Waals surface area contributed by atoms with Gasteiger partial charge in [-0.25, -0.2) is 14.8 Å². The summed E-state index contributed by atoms with van der Waals surface area (Å²) in [5.41, 5.74) is 1.13. The molecule has 0 aliphatic heterocycles. The number of aliphatic carboxylic acids is 1. The molecule has 1 aromatic rings. The highest BCUT2D eigenvalue weighted by atomic mass is 32.2. The van der Waals surface area contributed by atoms with Crippen molar-refractivity contribution in [1.29, 1.82) is 0 Å². The molecular formula is C9H10N2O2S. The van der Waals surface area contributed by atoms with Crippen molar-refractivity contribution in [2.45, 2.75) is 12.1 Å². The Kier molecular flexibility index (Phi) is 3.64. The van der Waals surface area contributed by atoms with Gasteiger partial charge in [-0.15, -0.1) is 0 Å². The first-order valence-corrected chi connectivity index (χ1v) is 4.90. The normalized spacial score (nSPS) is 9.79. The molecule has 0 amide bonds. The van der Waals surface area contributed by atoms with Gasteiger partial charge in [-0.2, -0.15) is 0 Å². The van der Waals surface area contributed by atoms with E-state index in [9.17, 15) is 4.79 Å². The topological polar surface area (TPSA) is 63.1 Å². The van der Waals surface area contributed by atoms with Crippen LogP contribution in [-0.4, -0.2) is 26.8 Å². The Morgan fingerprint density at radius 2 is 2.14 bits per heavy atom. The SMILES string of the molecule is C=C(CSc1ncc(C)cn1)C(=O)O. The smallest absolute Gasteiger partial charge is 0.331 e. The molecule has 14 heavy (non-hydrogen) atoms. The van der Waals surface area contributed by atoms with Gasteiger partial charge in [-0.1, -0.05) is 18.3 Å². The predicted molar refractivity (Wildman–Crippen MR) is 54.3 cm³/mol. The first-order chi connectivity index (χ1) is 6.59. The second kappa shape index (κ2) is 4.76. The van der Waals surface area contributed by atoms with E-state index in [2.05, 4.69) is 16.5 Å². The van der Waals surface area contributed by atoms with Gasteiger partial charge in [-0.3, -0.25) is 0 Å². The fourth-order valence-electron chi connectivity index (χ4n) is 0.669. The highest BCUT2D eigenvalue weighted by Gasteiger charge is 2.05. The van der Waals surface area contributed by atoms with E-state index < -0.39 is 5.97 Å². The summed E-state index contributed by atoms with van der Waals surface area (Å²) in [4.78, 5) is 18.5. The molecule has 74 valence electrons. The van der Waals surface area contributed by atoms with Crippen molar-refractivity contribution in [3.8, 4) is 0 Å². The number of carboxylic acids is 1. The van der Waals surface area contributed by atoms with Gasteiger partial charge in [0.1, 0.15) is 0 Å². The first kappa shape index (κ1) is 10.7. The molecular weight excluding hydrogens is 200 g/mol. The van der Waals surface area contributed by atoms with Crippen LogP contribution < -0.4 is 0 Å². The van der Waals surface area contributed by atoms with Gasteiger partial charge in [0.15, 0.2) is 5.16 Å². The lowest BCUT2D eigenvalue weighted by molar-refractivity contribution is -0.132. The molecule has 4 nitrogen and oxygen atoms in total. The highest BCUT2D eigenvalue weighted by Crippen LogP contribution is 2.14. The Labute approximate surface area is 86.1 Å². The molecule has 0 aliphatic rings. The average molecular weight is 210 g/mol. The Bertz CT molecular complexity index is 348. The summed E-state index contributed by atoms with van der Waals surface area (Å²) in [6.45, 7) is 5.30. The fraction of sp³-hybridized carbons (Fsp3) is 0.222. The summed E-state index contributed by atoms with van der Waals surface area (Å²) >= 11 is 1.26. The van der Waals surface area contributed by atoms with Crippen LogP contribution in [-0.2, 0) is 4.79 Å². The lowest BCUT2D eigenvalue weighted by Crippen LogP contribution is -2.01. The molecule has 1 heterocycles. The van der Waals surface area contributed by atoms with Crippen LogP contribution in [0.25, 0.3) is 0 Å². The zero-order valence-electron chi connectivity index (χ0n) is 7.73. The van der Waals surface area contributed by atoms with Crippen molar-refractivity contribution in [3.05, 3.63) is 30.1 Å². The van der Waals surface area contributed by atoms with E-state index >= 15 is 0 Å². The molecule has 0 atom stereocenters. The molecule has 1 aromatic heterocycles. The van der Waals surface area contributed by atoms with E-state index in [4.69, 9.17) is 5.11 Å². The van der Waals surface area contributed by atoms with Gasteiger partial charge < -0.3 is 5.11 Å². The molecule has 1 rings (SSSR count). The van der Waals surface area contributed by atoms with Crippen LogP contribution in [0.15, 0.2) is 29.7 Å². The van der Waals surface area contributed by atoms with Gasteiger partial charge in [0.05, 0.1) is 0 Å². The summed E-state index contributed by atoms with van der Waals surface area (Å²) in [5, 5.41) is 9.12. The maximum atomic E-state index is 10.4. The molecule has 0 spiro atoms. The fourth-order valence-corrected chi connectivity index (χ4v) is 1.35. The van der Waals surface area contributed by atoms with E-state index in [0.29, 0.717) is 10.9 Å². The van der Waals surface area contributed by atoms with Crippen molar-refractivity contribution in [3.63, 3.8) is 0 Å². The zero-order chi connectivity index (χ0) is 10.6. The number of rotatable bonds is 4. The lowest BCUT2D eigenvalue weighted by atomic mass is 10.4. The third-order valence-electron chi connectivity index (χ3n) is 1.44. The zero-order valence-corrected chi connectivity index (χ0v) is 8.54. The minimum atomic E-state index is -0.982. The monoisotopic (exact) mass is 210 g/mol. The van der Waals surface area contributed by atoms with Gasteiger partial charge in [-0.05, 0) is 12.5 Å². The van der Waals surface area contributed by atoms with Crippen LogP contribution >= 0.6 is 11.8 Å². The van der Waals surface area contributed by atoms with Gasteiger partial charge in [0.25, 0.3) is 0 Å². The first-order valence-electron chi connectivity index (χ1n) is 3.92. The number of nitrogens with zero attached hydrogens (tertiary/aromatic N) is 2. The Morgan fingerprint density at radius 1 is 1.57 bits per heavy atom. The Hall–Kier alpha value is -1.36. The van der Waals surface area contributed by atoms with E-state index in [0.717, 1.165) is 5.56 Å². The number of aryl methyl sites for hydroxylation is 1. The average Bonchev–Trinajstić information content (AvgIpc) is 2.16. The van der Waals surface area contributed by atoms with E-state index in [1.807, 2.05) is 6.92 Å². The van der Waals surface area contributed by atoms with E-state index in [1.54, 1.807) is 12.4 Å². The molecule has 0 saturated heterocycles. The Balaban J connectivity index is 2.50. The van der Waals surface area contributed by atoms with E-state index in [1.165, 1.54) is 11.8 Å². The predicted octanol–water partition coefficient (Wildman–Crippen LogP) is 1.52. The molecule has 0 fully saturated rings. The van der Waals surface area contributed by atoms with Crippen molar-refractivity contribution in [2.24, 2.45) is 0 Å². The largest absolute Gasteiger partial charge is 0.478 e. The molecule has 1 N–H and O–H groups in total. The second-order valence-corrected chi connectivity index (χ2v) is 3.68. The van der Waals surface area contributed by atoms with Crippen LogP contribution in [0.1, 0.15) is 5.56 Å². The number of carboxylic acid groups (broad SMARTS) is 1. The number of aromatic nitrogens is 2. The van der Waals surface area contributed by atoms with E-state index in [-0.39, 0.29) is 5.57 Å². The second-order valence-electron chi connectivity index (χ2n) is 2.74. The maximum absolute atomic E-state index is 10.4. The third-order valence-corrected chi connectivity index (χ3v) is 2.40. The molecule has 0 bridgehead atoms. The van der Waals surface area contributed by atoms with Crippen LogP contribution in [0, 0.1) is 6.92 Å². The van der Waals surface area contributed by atoms with Crippen molar-refractivity contribution in [2.75, 3.05) is 5.75 Å². The quantitative estimate of drug-likeness (QED) is 0.463. The molecule has 5 heteroatoms.